The summed E-state index contributed by atoms with van der Waals surface area (Å²) in [6.45, 7) is 3.15. The fourth-order valence-electron chi connectivity index (χ4n) is 4.77. The molecule has 1 saturated carbocycles. The molecule has 1 aliphatic heterocycles. The van der Waals surface area contributed by atoms with Gasteiger partial charge in [-0.05, 0) is 31.4 Å². The number of aryl methyl sites for hydroxylation is 2. The van der Waals surface area contributed by atoms with Crippen LogP contribution in [0.2, 0.25) is 0 Å². The van der Waals surface area contributed by atoms with Crippen LogP contribution in [0.4, 0.5) is 5.69 Å². The lowest BCUT2D eigenvalue weighted by Gasteiger charge is -2.38. The fraction of sp³-hybridized carbons (Fsp3) is 0.421. The quantitative estimate of drug-likeness (QED) is 0.684. The molecule has 1 aliphatic carbocycles. The zero-order chi connectivity index (χ0) is 15.6. The van der Waals surface area contributed by atoms with Crippen molar-refractivity contribution in [2.45, 2.75) is 44.7 Å². The Balaban J connectivity index is 1.75. The minimum Gasteiger partial charge on any atom is -0.354 e. The van der Waals surface area contributed by atoms with Crippen LogP contribution >= 0.6 is 0 Å². The van der Waals surface area contributed by atoms with Crippen LogP contribution in [0.15, 0.2) is 36.7 Å². The number of anilines is 1. The first kappa shape index (κ1) is 13.2. The van der Waals surface area contributed by atoms with Crippen molar-refractivity contribution in [2.75, 3.05) is 4.90 Å². The van der Waals surface area contributed by atoms with E-state index in [1.807, 2.05) is 0 Å². The summed E-state index contributed by atoms with van der Waals surface area (Å²) in [5, 5.41) is 0. The average Bonchev–Trinajstić information content (AvgIpc) is 3.27. The molecule has 118 valence electrons. The summed E-state index contributed by atoms with van der Waals surface area (Å²) < 4.78 is 4.46. The highest BCUT2D eigenvalue weighted by Crippen LogP contribution is 2.52. The number of aromatic nitrogens is 3. The largest absolute Gasteiger partial charge is 0.354 e. The second-order valence-corrected chi connectivity index (χ2v) is 7.10. The molecule has 3 heterocycles. The molecule has 0 unspecified atom stereocenters. The lowest BCUT2D eigenvalue weighted by atomic mass is 9.92. The molecule has 2 aliphatic rings. The highest BCUT2D eigenvalue weighted by atomic mass is 15.3. The summed E-state index contributed by atoms with van der Waals surface area (Å²) in [5.41, 5.74) is 5.56. The van der Waals surface area contributed by atoms with E-state index >= 15 is 0 Å². The predicted octanol–water partition coefficient (Wildman–Crippen LogP) is 3.77. The van der Waals surface area contributed by atoms with Crippen LogP contribution in [-0.4, -0.2) is 14.0 Å². The Hall–Kier alpha value is -2.23. The Labute approximate surface area is 136 Å². The summed E-state index contributed by atoms with van der Waals surface area (Å²) >= 11 is 0. The Morgan fingerprint density at radius 2 is 1.87 bits per heavy atom. The first-order valence-electron chi connectivity index (χ1n) is 8.57. The van der Waals surface area contributed by atoms with Crippen LogP contribution < -0.4 is 4.90 Å². The Kier molecular flexibility index (Phi) is 2.53. The van der Waals surface area contributed by atoms with E-state index in [0.717, 1.165) is 12.3 Å². The van der Waals surface area contributed by atoms with Gasteiger partial charge in [-0.15, -0.1) is 0 Å². The van der Waals surface area contributed by atoms with Crippen molar-refractivity contribution in [3.8, 4) is 0 Å². The molecule has 0 N–H and O–H groups in total. The topological polar surface area (TPSA) is 25.5 Å². The van der Waals surface area contributed by atoms with Gasteiger partial charge in [-0.25, -0.2) is 4.98 Å². The van der Waals surface area contributed by atoms with Crippen LogP contribution in [0.25, 0.3) is 5.78 Å². The fourth-order valence-corrected chi connectivity index (χ4v) is 4.77. The lowest BCUT2D eigenvalue weighted by molar-refractivity contribution is 0.423. The van der Waals surface area contributed by atoms with Crippen molar-refractivity contribution in [1.29, 1.82) is 0 Å². The number of imidazole rings is 2. The molecule has 0 radical (unpaired) electrons. The second-order valence-electron chi connectivity index (χ2n) is 7.10. The van der Waals surface area contributed by atoms with Crippen molar-refractivity contribution in [1.82, 2.24) is 14.0 Å². The van der Waals surface area contributed by atoms with E-state index in [1.54, 1.807) is 0 Å². The van der Waals surface area contributed by atoms with E-state index in [2.05, 4.69) is 64.5 Å². The molecule has 5 rings (SSSR count). The van der Waals surface area contributed by atoms with Crippen molar-refractivity contribution in [3.05, 3.63) is 53.6 Å². The van der Waals surface area contributed by atoms with Crippen molar-refractivity contribution in [3.63, 3.8) is 0 Å². The molecule has 4 nitrogen and oxygen atoms in total. The van der Waals surface area contributed by atoms with E-state index in [-0.39, 0.29) is 5.54 Å². The molecule has 0 saturated heterocycles. The molecule has 0 amide bonds. The second kappa shape index (κ2) is 4.40. The van der Waals surface area contributed by atoms with Crippen LogP contribution in [0.5, 0.6) is 0 Å². The number of rotatable bonds is 1. The number of benzene rings is 1. The molecule has 2 aromatic heterocycles. The van der Waals surface area contributed by atoms with Gasteiger partial charge in [0.2, 0.25) is 5.78 Å². The van der Waals surface area contributed by atoms with Crippen molar-refractivity contribution >= 4 is 11.5 Å². The van der Waals surface area contributed by atoms with Crippen LogP contribution in [-0.2, 0) is 19.1 Å². The van der Waals surface area contributed by atoms with Gasteiger partial charge < -0.3 is 9.47 Å². The molecule has 0 atom stereocenters. The van der Waals surface area contributed by atoms with E-state index in [0.29, 0.717) is 0 Å². The van der Waals surface area contributed by atoms with Gasteiger partial charge in [0.05, 0.1) is 23.5 Å². The lowest BCUT2D eigenvalue weighted by Crippen LogP contribution is -2.40. The molecular weight excluding hydrogens is 284 g/mol. The number of fused-ring (bicyclic) bond motifs is 4. The van der Waals surface area contributed by atoms with Gasteiger partial charge in [-0.3, -0.25) is 4.40 Å². The monoisotopic (exact) mass is 306 g/mol. The van der Waals surface area contributed by atoms with Crippen LogP contribution in [0, 0.1) is 6.92 Å². The van der Waals surface area contributed by atoms with Gasteiger partial charge in [0.15, 0.2) is 0 Å². The third kappa shape index (κ3) is 1.58. The van der Waals surface area contributed by atoms with Crippen LogP contribution in [0.1, 0.15) is 42.6 Å². The van der Waals surface area contributed by atoms with E-state index in [4.69, 9.17) is 4.98 Å². The molecule has 4 heteroatoms. The SMILES string of the molecule is Cc1ccccc1N1Cc2nc3n(C)ccn3c2C12CCCC2. The van der Waals surface area contributed by atoms with Gasteiger partial charge in [0, 0.05) is 25.1 Å². The maximum atomic E-state index is 4.96. The molecule has 0 bridgehead atoms. The highest BCUT2D eigenvalue weighted by molar-refractivity contribution is 5.61. The van der Waals surface area contributed by atoms with Gasteiger partial charge >= 0.3 is 0 Å². The molecule has 1 spiro atoms. The van der Waals surface area contributed by atoms with Crippen molar-refractivity contribution < 1.29 is 0 Å². The maximum absolute atomic E-state index is 4.96. The van der Waals surface area contributed by atoms with E-state index in [9.17, 15) is 0 Å². The summed E-state index contributed by atoms with van der Waals surface area (Å²) in [5.74, 6) is 1.07. The first-order chi connectivity index (χ1) is 11.2. The first-order valence-corrected chi connectivity index (χ1v) is 8.57. The normalized spacial score (nSPS) is 19.1. The smallest absolute Gasteiger partial charge is 0.214 e. The Bertz CT molecular complexity index is 895. The van der Waals surface area contributed by atoms with Crippen molar-refractivity contribution in [2.24, 2.45) is 7.05 Å². The van der Waals surface area contributed by atoms with Gasteiger partial charge in [0.1, 0.15) is 0 Å². The minimum atomic E-state index is 0.127. The van der Waals surface area contributed by atoms with E-state index in [1.165, 1.54) is 48.3 Å². The molecule has 3 aromatic rings. The number of hydrogen-bond donors (Lipinski definition) is 0. The molecule has 1 aromatic carbocycles. The molecule has 1 fully saturated rings. The van der Waals surface area contributed by atoms with E-state index < -0.39 is 0 Å². The minimum absolute atomic E-state index is 0.127. The maximum Gasteiger partial charge on any atom is 0.214 e. The summed E-state index contributed by atoms with van der Waals surface area (Å²) in [7, 11) is 2.08. The van der Waals surface area contributed by atoms with Gasteiger partial charge in [-0.2, -0.15) is 0 Å². The standard InChI is InChI=1S/C19H22N4/c1-14-7-3-4-8-16(14)23-13-15-17(19(23)9-5-6-10-19)22-12-11-21(2)18(22)20-15/h3-4,7-8,11-12H,5-6,9-10,13H2,1-2H3. The third-order valence-electron chi connectivity index (χ3n) is 5.82. The highest BCUT2D eigenvalue weighted by Gasteiger charge is 2.50. The van der Waals surface area contributed by atoms with Gasteiger partial charge in [-0.1, -0.05) is 31.0 Å². The third-order valence-corrected chi connectivity index (χ3v) is 5.82. The Morgan fingerprint density at radius 3 is 2.65 bits per heavy atom. The summed E-state index contributed by atoms with van der Waals surface area (Å²) in [6.07, 6.45) is 9.38. The number of para-hydroxylation sites is 1. The number of hydrogen-bond acceptors (Lipinski definition) is 2. The summed E-state index contributed by atoms with van der Waals surface area (Å²) in [6, 6.07) is 8.78. The van der Waals surface area contributed by atoms with Gasteiger partial charge in [0.25, 0.3) is 0 Å². The Morgan fingerprint density at radius 1 is 1.09 bits per heavy atom. The predicted molar refractivity (Wildman–Crippen MR) is 91.7 cm³/mol. The molecule has 23 heavy (non-hydrogen) atoms. The molecular formula is C19H22N4. The zero-order valence-electron chi connectivity index (χ0n) is 13.8. The number of nitrogens with zero attached hydrogens (tertiary/aromatic N) is 4. The summed E-state index contributed by atoms with van der Waals surface area (Å²) in [4.78, 5) is 7.59. The average molecular weight is 306 g/mol. The zero-order valence-corrected chi connectivity index (χ0v) is 13.8. The van der Waals surface area contributed by atoms with Crippen LogP contribution in [0.3, 0.4) is 0 Å².